The molecular weight excluding hydrogens is 154 g/mol. The predicted molar refractivity (Wildman–Crippen MR) is 49.7 cm³/mol. The summed E-state index contributed by atoms with van der Waals surface area (Å²) in [6.45, 7) is 6.71. The molecule has 0 aromatic carbocycles. The molecule has 1 saturated heterocycles. The van der Waals surface area contributed by atoms with E-state index >= 15 is 0 Å². The summed E-state index contributed by atoms with van der Waals surface area (Å²) in [5.74, 6) is 0. The first kappa shape index (κ1) is 9.88. The lowest BCUT2D eigenvalue weighted by atomic mass is 10.5. The molecular formula is C7H19N5. The third-order valence-corrected chi connectivity index (χ3v) is 1.71. The zero-order valence-corrected chi connectivity index (χ0v) is 7.45. The summed E-state index contributed by atoms with van der Waals surface area (Å²) in [5.41, 5.74) is 0. The van der Waals surface area contributed by atoms with Gasteiger partial charge in [0.2, 0.25) is 0 Å². The highest BCUT2D eigenvalue weighted by atomic mass is 15.2. The maximum absolute atomic E-state index is 3.32. The summed E-state index contributed by atoms with van der Waals surface area (Å²) in [6, 6.07) is 0. The first-order valence-corrected chi connectivity index (χ1v) is 4.54. The van der Waals surface area contributed by atoms with E-state index in [9.17, 15) is 0 Å². The van der Waals surface area contributed by atoms with Crippen LogP contribution < -0.4 is 26.6 Å². The zero-order valence-electron chi connectivity index (χ0n) is 7.45. The van der Waals surface area contributed by atoms with Crippen molar-refractivity contribution in [2.75, 3.05) is 46.2 Å². The van der Waals surface area contributed by atoms with Crippen molar-refractivity contribution in [1.82, 2.24) is 26.6 Å². The molecule has 5 N–H and O–H groups in total. The highest BCUT2D eigenvalue weighted by Crippen LogP contribution is 1.62. The van der Waals surface area contributed by atoms with Crippen LogP contribution in [0, 0.1) is 0 Å². The van der Waals surface area contributed by atoms with Crippen LogP contribution >= 0.6 is 0 Å². The summed E-state index contributed by atoms with van der Waals surface area (Å²) < 4.78 is 0. The summed E-state index contributed by atoms with van der Waals surface area (Å²) in [7, 11) is 0. The average Bonchev–Trinajstić information content (AvgIpc) is 2.05. The first-order chi connectivity index (χ1) is 6.00. The van der Waals surface area contributed by atoms with E-state index in [2.05, 4.69) is 26.6 Å². The van der Waals surface area contributed by atoms with Crippen LogP contribution in [0.15, 0.2) is 0 Å². The summed E-state index contributed by atoms with van der Waals surface area (Å²) in [4.78, 5) is 0. The van der Waals surface area contributed by atoms with E-state index in [1.165, 1.54) is 0 Å². The zero-order chi connectivity index (χ0) is 8.49. The van der Waals surface area contributed by atoms with Crippen molar-refractivity contribution in [1.29, 1.82) is 0 Å². The second-order valence-electron chi connectivity index (χ2n) is 2.78. The molecule has 1 aliphatic heterocycles. The molecule has 12 heavy (non-hydrogen) atoms. The van der Waals surface area contributed by atoms with Crippen LogP contribution in [0.3, 0.4) is 0 Å². The van der Waals surface area contributed by atoms with Crippen molar-refractivity contribution < 1.29 is 0 Å². The number of nitrogens with one attached hydrogen (secondary N) is 5. The van der Waals surface area contributed by atoms with Gasteiger partial charge in [0, 0.05) is 46.2 Å². The Labute approximate surface area is 73.7 Å². The molecule has 1 aliphatic rings. The number of hydrogen-bond acceptors (Lipinski definition) is 5. The Morgan fingerprint density at radius 3 is 1.42 bits per heavy atom. The van der Waals surface area contributed by atoms with E-state index in [0.717, 1.165) is 46.2 Å². The molecule has 0 saturated carbocycles. The van der Waals surface area contributed by atoms with Gasteiger partial charge in [0.1, 0.15) is 0 Å². The maximum atomic E-state index is 3.32. The SMILES string of the molecule is C1CNCNCNCNCCN1. The van der Waals surface area contributed by atoms with Gasteiger partial charge in [-0.15, -0.1) is 0 Å². The van der Waals surface area contributed by atoms with Crippen molar-refractivity contribution in [2.45, 2.75) is 0 Å². The van der Waals surface area contributed by atoms with Gasteiger partial charge in [-0.05, 0) is 0 Å². The van der Waals surface area contributed by atoms with Gasteiger partial charge < -0.3 is 16.0 Å². The Balaban J connectivity index is 2.00. The molecule has 0 aliphatic carbocycles. The monoisotopic (exact) mass is 173 g/mol. The lowest BCUT2D eigenvalue weighted by Gasteiger charge is -2.12. The molecule has 5 nitrogen and oxygen atoms in total. The minimum atomic E-state index is 0.855. The van der Waals surface area contributed by atoms with E-state index in [4.69, 9.17) is 0 Å². The Hall–Kier alpha value is -0.200. The topological polar surface area (TPSA) is 60.1 Å². The summed E-state index contributed by atoms with van der Waals surface area (Å²) >= 11 is 0. The molecule has 0 atom stereocenters. The van der Waals surface area contributed by atoms with Gasteiger partial charge in [0.25, 0.3) is 0 Å². The molecule has 0 bridgehead atoms. The second kappa shape index (κ2) is 7.45. The highest BCUT2D eigenvalue weighted by molar-refractivity contribution is 4.55. The fraction of sp³-hybridized carbons (Fsp3) is 1.00. The normalized spacial score (nSPS) is 24.0. The fourth-order valence-corrected chi connectivity index (χ4v) is 1.05. The van der Waals surface area contributed by atoms with Crippen LogP contribution in [0.25, 0.3) is 0 Å². The van der Waals surface area contributed by atoms with Gasteiger partial charge in [-0.2, -0.15) is 0 Å². The van der Waals surface area contributed by atoms with Crippen molar-refractivity contribution >= 4 is 0 Å². The second-order valence-corrected chi connectivity index (χ2v) is 2.78. The van der Waals surface area contributed by atoms with Gasteiger partial charge in [0.15, 0.2) is 0 Å². The third-order valence-electron chi connectivity index (χ3n) is 1.71. The third kappa shape index (κ3) is 5.45. The molecule has 1 heterocycles. The largest absolute Gasteiger partial charge is 0.314 e. The van der Waals surface area contributed by atoms with E-state index in [0.29, 0.717) is 0 Å². The lowest BCUT2D eigenvalue weighted by Crippen LogP contribution is -2.44. The van der Waals surface area contributed by atoms with Gasteiger partial charge in [-0.1, -0.05) is 0 Å². The van der Waals surface area contributed by atoms with Crippen LogP contribution in [0.1, 0.15) is 0 Å². The van der Waals surface area contributed by atoms with E-state index < -0.39 is 0 Å². The summed E-state index contributed by atoms with van der Waals surface area (Å²) in [6.07, 6.45) is 0. The van der Waals surface area contributed by atoms with Crippen LogP contribution in [0.2, 0.25) is 0 Å². The number of hydrogen-bond donors (Lipinski definition) is 5. The van der Waals surface area contributed by atoms with Gasteiger partial charge in [-0.3, -0.25) is 10.6 Å². The van der Waals surface area contributed by atoms with Crippen LogP contribution in [0.4, 0.5) is 0 Å². The van der Waals surface area contributed by atoms with Crippen LogP contribution in [-0.2, 0) is 0 Å². The Kier molecular flexibility index (Phi) is 6.14. The quantitative estimate of drug-likeness (QED) is 0.288. The van der Waals surface area contributed by atoms with Crippen molar-refractivity contribution in [3.63, 3.8) is 0 Å². The molecule has 0 unspecified atom stereocenters. The van der Waals surface area contributed by atoms with Crippen molar-refractivity contribution in [2.24, 2.45) is 0 Å². The molecule has 0 spiro atoms. The number of rotatable bonds is 0. The summed E-state index contributed by atoms with van der Waals surface area (Å²) in [5, 5.41) is 16.3. The Bertz CT molecular complexity index is 54.8. The Morgan fingerprint density at radius 2 is 0.833 bits per heavy atom. The molecule has 72 valence electrons. The molecule has 1 fully saturated rings. The van der Waals surface area contributed by atoms with Crippen LogP contribution in [-0.4, -0.2) is 46.2 Å². The van der Waals surface area contributed by atoms with Gasteiger partial charge in [-0.25, -0.2) is 0 Å². The van der Waals surface area contributed by atoms with E-state index in [1.54, 1.807) is 0 Å². The standard InChI is InChI=1S/C7H19N5/c1-3-9-5-11-7-12-6-10-4-2-8-1/h8-12H,1-7H2. The van der Waals surface area contributed by atoms with Gasteiger partial charge in [0.05, 0.1) is 0 Å². The molecule has 5 heteroatoms. The highest BCUT2D eigenvalue weighted by Gasteiger charge is 1.91. The maximum Gasteiger partial charge on any atom is 0.0474 e. The first-order valence-electron chi connectivity index (χ1n) is 4.54. The minimum absolute atomic E-state index is 0.855. The fourth-order valence-electron chi connectivity index (χ4n) is 1.05. The molecule has 1 rings (SSSR count). The Morgan fingerprint density at radius 1 is 0.417 bits per heavy atom. The lowest BCUT2D eigenvalue weighted by molar-refractivity contribution is 0.480. The van der Waals surface area contributed by atoms with E-state index in [-0.39, 0.29) is 0 Å². The average molecular weight is 173 g/mol. The molecule has 0 aromatic heterocycles. The van der Waals surface area contributed by atoms with Crippen molar-refractivity contribution in [3.8, 4) is 0 Å². The van der Waals surface area contributed by atoms with Crippen LogP contribution in [0.5, 0.6) is 0 Å². The molecule has 0 aromatic rings. The minimum Gasteiger partial charge on any atom is -0.314 e. The predicted octanol–water partition coefficient (Wildman–Crippen LogP) is -2.18. The van der Waals surface area contributed by atoms with Crippen molar-refractivity contribution in [3.05, 3.63) is 0 Å². The molecule has 0 amide bonds. The van der Waals surface area contributed by atoms with Gasteiger partial charge >= 0.3 is 0 Å². The van der Waals surface area contributed by atoms with E-state index in [1.807, 2.05) is 0 Å². The smallest absolute Gasteiger partial charge is 0.0474 e. The molecule has 0 radical (unpaired) electrons.